The van der Waals surface area contributed by atoms with Crippen LogP contribution in [0.4, 0.5) is 0 Å². The third-order valence-electron chi connectivity index (χ3n) is 2.66. The minimum atomic E-state index is 0.0615. The molecule has 0 saturated carbocycles. The highest BCUT2D eigenvalue weighted by molar-refractivity contribution is 8.00. The van der Waals surface area contributed by atoms with Crippen LogP contribution >= 0.6 is 11.8 Å². The van der Waals surface area contributed by atoms with Gasteiger partial charge in [0.25, 0.3) is 0 Å². The van der Waals surface area contributed by atoms with Gasteiger partial charge in [-0.05, 0) is 0 Å². The summed E-state index contributed by atoms with van der Waals surface area (Å²) in [6.45, 7) is 0. The van der Waals surface area contributed by atoms with Crippen LogP contribution in [0.3, 0.4) is 0 Å². The summed E-state index contributed by atoms with van der Waals surface area (Å²) in [7, 11) is 0. The van der Waals surface area contributed by atoms with E-state index in [4.69, 9.17) is 0 Å². The van der Waals surface area contributed by atoms with E-state index >= 15 is 0 Å². The van der Waals surface area contributed by atoms with Crippen molar-refractivity contribution in [2.75, 3.05) is 11.5 Å². The number of ketones is 2. The van der Waals surface area contributed by atoms with E-state index in [1.165, 1.54) is 11.8 Å². The van der Waals surface area contributed by atoms with Gasteiger partial charge in [0.1, 0.15) is 0 Å². The zero-order chi connectivity index (χ0) is 13.5. The minimum absolute atomic E-state index is 0.0615. The highest BCUT2D eigenvalue weighted by Crippen LogP contribution is 2.10. The van der Waals surface area contributed by atoms with E-state index in [0.717, 1.165) is 0 Å². The normalized spacial score (nSPS) is 10.1. The number of benzene rings is 2. The monoisotopic (exact) mass is 270 g/mol. The molecule has 0 spiro atoms. The molecule has 3 heteroatoms. The number of hydrogen-bond acceptors (Lipinski definition) is 3. The maximum absolute atomic E-state index is 11.8. The fraction of sp³-hybridized carbons (Fsp3) is 0.125. The standard InChI is InChI=1S/C16H14O2S/c17-15(13-7-3-1-4-8-13)11-19-12-16(18)14-9-5-2-6-10-14/h1-10H,11-12H2. The van der Waals surface area contributed by atoms with Crippen molar-refractivity contribution in [1.82, 2.24) is 0 Å². The number of carbonyl (C=O) groups is 2. The van der Waals surface area contributed by atoms with Gasteiger partial charge >= 0.3 is 0 Å². The smallest absolute Gasteiger partial charge is 0.172 e. The Balaban J connectivity index is 1.81. The second kappa shape index (κ2) is 6.90. The van der Waals surface area contributed by atoms with Crippen molar-refractivity contribution < 1.29 is 9.59 Å². The average Bonchev–Trinajstić information content (AvgIpc) is 2.49. The molecule has 0 bridgehead atoms. The van der Waals surface area contributed by atoms with Crippen molar-refractivity contribution in [3.63, 3.8) is 0 Å². The quantitative estimate of drug-likeness (QED) is 0.754. The molecule has 0 saturated heterocycles. The van der Waals surface area contributed by atoms with E-state index in [-0.39, 0.29) is 11.6 Å². The largest absolute Gasteiger partial charge is 0.293 e. The fourth-order valence-electron chi connectivity index (χ4n) is 1.65. The highest BCUT2D eigenvalue weighted by Gasteiger charge is 2.08. The molecule has 0 amide bonds. The van der Waals surface area contributed by atoms with Crippen LogP contribution in [0.15, 0.2) is 60.7 Å². The first-order valence-electron chi connectivity index (χ1n) is 6.01. The van der Waals surface area contributed by atoms with E-state index in [1.807, 2.05) is 36.4 Å². The molecule has 2 nitrogen and oxygen atoms in total. The fourth-order valence-corrected chi connectivity index (χ4v) is 2.46. The number of hydrogen-bond donors (Lipinski definition) is 0. The Morgan fingerprint density at radius 1 is 0.684 bits per heavy atom. The third-order valence-corrected chi connectivity index (χ3v) is 3.59. The maximum atomic E-state index is 11.8. The molecule has 19 heavy (non-hydrogen) atoms. The Labute approximate surface area is 116 Å². The zero-order valence-corrected chi connectivity index (χ0v) is 11.2. The van der Waals surface area contributed by atoms with E-state index in [1.54, 1.807) is 24.3 Å². The molecular weight excluding hydrogens is 256 g/mol. The summed E-state index contributed by atoms with van der Waals surface area (Å²) in [5.41, 5.74) is 1.39. The number of Topliss-reactive ketones (excluding diaryl/α,β-unsaturated/α-hetero) is 2. The Morgan fingerprint density at radius 2 is 1.05 bits per heavy atom. The summed E-state index contributed by atoms with van der Waals surface area (Å²) in [4.78, 5) is 23.7. The van der Waals surface area contributed by atoms with Gasteiger partial charge in [0, 0.05) is 11.1 Å². The molecule has 0 N–H and O–H groups in total. The van der Waals surface area contributed by atoms with Gasteiger partial charge in [-0.2, -0.15) is 0 Å². The van der Waals surface area contributed by atoms with Crippen LogP contribution in [0.2, 0.25) is 0 Å². The van der Waals surface area contributed by atoms with E-state index in [9.17, 15) is 9.59 Å². The first-order chi connectivity index (χ1) is 9.27. The van der Waals surface area contributed by atoms with Gasteiger partial charge < -0.3 is 0 Å². The average molecular weight is 270 g/mol. The molecule has 0 unspecified atom stereocenters. The van der Waals surface area contributed by atoms with Crippen LogP contribution in [0.1, 0.15) is 20.7 Å². The van der Waals surface area contributed by atoms with Crippen LogP contribution in [0.5, 0.6) is 0 Å². The molecule has 0 atom stereocenters. The van der Waals surface area contributed by atoms with Crippen molar-refractivity contribution >= 4 is 23.3 Å². The minimum Gasteiger partial charge on any atom is -0.293 e. The Hall–Kier alpha value is -1.87. The summed E-state index contributed by atoms with van der Waals surface area (Å²) in [6.07, 6.45) is 0. The Bertz CT molecular complexity index is 498. The topological polar surface area (TPSA) is 34.1 Å². The predicted molar refractivity (Wildman–Crippen MR) is 78.9 cm³/mol. The van der Waals surface area contributed by atoms with Gasteiger partial charge in [0.2, 0.25) is 0 Å². The molecular formula is C16H14O2S. The summed E-state index contributed by atoms with van der Waals surface area (Å²) >= 11 is 1.36. The van der Waals surface area contributed by atoms with Crippen LogP contribution < -0.4 is 0 Å². The molecule has 2 aromatic rings. The van der Waals surface area contributed by atoms with Crippen LogP contribution in [0, 0.1) is 0 Å². The van der Waals surface area contributed by atoms with Crippen LogP contribution in [-0.2, 0) is 0 Å². The first kappa shape index (κ1) is 13.6. The second-order valence-electron chi connectivity index (χ2n) is 4.07. The number of carbonyl (C=O) groups excluding carboxylic acids is 2. The number of thioether (sulfide) groups is 1. The second-order valence-corrected chi connectivity index (χ2v) is 5.06. The molecule has 0 heterocycles. The van der Waals surface area contributed by atoms with E-state index in [2.05, 4.69) is 0 Å². The molecule has 0 aliphatic carbocycles. The molecule has 96 valence electrons. The van der Waals surface area contributed by atoms with Crippen molar-refractivity contribution in [3.05, 3.63) is 71.8 Å². The summed E-state index contributed by atoms with van der Waals surface area (Å²) < 4.78 is 0. The predicted octanol–water partition coefficient (Wildman–Crippen LogP) is 3.49. The van der Waals surface area contributed by atoms with Crippen molar-refractivity contribution in [2.45, 2.75) is 0 Å². The molecule has 2 rings (SSSR count). The van der Waals surface area contributed by atoms with Gasteiger partial charge in [0.15, 0.2) is 11.6 Å². The van der Waals surface area contributed by atoms with E-state index < -0.39 is 0 Å². The third kappa shape index (κ3) is 4.07. The molecule has 0 aliphatic rings. The lowest BCUT2D eigenvalue weighted by atomic mass is 10.1. The van der Waals surface area contributed by atoms with Crippen molar-refractivity contribution in [1.29, 1.82) is 0 Å². The molecule has 0 radical (unpaired) electrons. The lowest BCUT2D eigenvalue weighted by molar-refractivity contribution is 0.102. The zero-order valence-electron chi connectivity index (χ0n) is 10.4. The summed E-state index contributed by atoms with van der Waals surface area (Å²) in [6, 6.07) is 18.3. The van der Waals surface area contributed by atoms with Crippen molar-refractivity contribution in [2.24, 2.45) is 0 Å². The van der Waals surface area contributed by atoms with Crippen LogP contribution in [-0.4, -0.2) is 23.1 Å². The number of rotatable bonds is 6. The lowest BCUT2D eigenvalue weighted by Crippen LogP contribution is -2.07. The first-order valence-corrected chi connectivity index (χ1v) is 7.17. The SMILES string of the molecule is O=C(CSCC(=O)c1ccccc1)c1ccccc1. The maximum Gasteiger partial charge on any atom is 0.172 e. The molecule has 2 aromatic carbocycles. The molecule has 0 aromatic heterocycles. The van der Waals surface area contributed by atoms with Gasteiger partial charge in [-0.15, -0.1) is 11.8 Å². The van der Waals surface area contributed by atoms with Gasteiger partial charge in [0.05, 0.1) is 11.5 Å². The summed E-state index contributed by atoms with van der Waals surface area (Å²) in [5.74, 6) is 0.795. The van der Waals surface area contributed by atoms with Crippen LogP contribution in [0.25, 0.3) is 0 Å². The highest BCUT2D eigenvalue weighted by atomic mass is 32.2. The molecule has 0 fully saturated rings. The Kier molecular flexibility index (Phi) is 4.93. The summed E-state index contributed by atoms with van der Waals surface area (Å²) in [5, 5.41) is 0. The Morgan fingerprint density at radius 3 is 1.42 bits per heavy atom. The van der Waals surface area contributed by atoms with E-state index in [0.29, 0.717) is 22.6 Å². The van der Waals surface area contributed by atoms with Gasteiger partial charge in [-0.1, -0.05) is 60.7 Å². The van der Waals surface area contributed by atoms with Gasteiger partial charge in [-0.3, -0.25) is 9.59 Å². The van der Waals surface area contributed by atoms with Crippen molar-refractivity contribution in [3.8, 4) is 0 Å². The molecule has 0 aliphatic heterocycles. The van der Waals surface area contributed by atoms with Gasteiger partial charge in [-0.25, -0.2) is 0 Å². The lowest BCUT2D eigenvalue weighted by Gasteiger charge is -2.01.